The Morgan fingerprint density at radius 1 is 1.38 bits per heavy atom. The van der Waals surface area contributed by atoms with E-state index in [0.29, 0.717) is 11.6 Å². The monoisotopic (exact) mass is 288 g/mol. The second-order valence-electron chi connectivity index (χ2n) is 5.65. The highest BCUT2D eigenvalue weighted by Crippen LogP contribution is 2.21. The fourth-order valence-electron chi connectivity index (χ4n) is 2.98. The van der Waals surface area contributed by atoms with Crippen molar-refractivity contribution >= 4 is 11.6 Å². The molecule has 0 radical (unpaired) electrons. The van der Waals surface area contributed by atoms with Gasteiger partial charge in [0.25, 0.3) is 0 Å². The van der Waals surface area contributed by atoms with Gasteiger partial charge in [0.2, 0.25) is 0 Å². The number of nitrogens with zero attached hydrogens (tertiary/aromatic N) is 4. The molecule has 1 saturated heterocycles. The van der Waals surface area contributed by atoms with Crippen LogP contribution in [0.15, 0.2) is 18.3 Å². The van der Waals surface area contributed by atoms with Crippen molar-refractivity contribution in [2.24, 2.45) is 5.92 Å². The van der Waals surface area contributed by atoms with Crippen LogP contribution in [0.4, 0.5) is 0 Å². The minimum atomic E-state index is -0.936. The van der Waals surface area contributed by atoms with Crippen molar-refractivity contribution in [3.63, 3.8) is 0 Å². The van der Waals surface area contributed by atoms with E-state index in [1.807, 2.05) is 4.40 Å². The van der Waals surface area contributed by atoms with Crippen LogP contribution in [-0.4, -0.2) is 50.2 Å². The highest BCUT2D eigenvalue weighted by molar-refractivity contribution is 5.88. The summed E-state index contributed by atoms with van der Waals surface area (Å²) in [5, 5.41) is 17.3. The van der Waals surface area contributed by atoms with Gasteiger partial charge >= 0.3 is 5.97 Å². The first kappa shape index (κ1) is 14.0. The Morgan fingerprint density at radius 3 is 2.81 bits per heavy atom. The van der Waals surface area contributed by atoms with Crippen molar-refractivity contribution in [3.8, 4) is 0 Å². The number of piperidine rings is 1. The van der Waals surface area contributed by atoms with Crippen LogP contribution < -0.4 is 0 Å². The maximum Gasteiger partial charge on any atom is 0.335 e. The molecule has 21 heavy (non-hydrogen) atoms. The second-order valence-corrected chi connectivity index (χ2v) is 5.65. The fourth-order valence-corrected chi connectivity index (χ4v) is 2.98. The van der Waals surface area contributed by atoms with Crippen LogP contribution in [0.25, 0.3) is 5.65 Å². The minimum absolute atomic E-state index is 0.248. The van der Waals surface area contributed by atoms with Gasteiger partial charge in [-0.1, -0.05) is 6.92 Å². The zero-order valence-electron chi connectivity index (χ0n) is 12.2. The van der Waals surface area contributed by atoms with Crippen molar-refractivity contribution in [2.45, 2.75) is 26.2 Å². The lowest BCUT2D eigenvalue weighted by Crippen LogP contribution is -2.34. The Bertz CT molecular complexity index is 644. The lowest BCUT2D eigenvalue weighted by molar-refractivity contribution is 0.0697. The summed E-state index contributed by atoms with van der Waals surface area (Å²) in [6, 6.07) is 3.17. The van der Waals surface area contributed by atoms with E-state index in [2.05, 4.69) is 22.0 Å². The summed E-state index contributed by atoms with van der Waals surface area (Å²) in [5.41, 5.74) is 0.855. The van der Waals surface area contributed by atoms with Gasteiger partial charge in [-0.05, 0) is 50.5 Å². The van der Waals surface area contributed by atoms with Gasteiger partial charge in [0.15, 0.2) is 5.65 Å². The van der Waals surface area contributed by atoms with Gasteiger partial charge in [0.1, 0.15) is 5.82 Å². The lowest BCUT2D eigenvalue weighted by atomic mass is 9.93. The molecule has 0 amide bonds. The molecule has 1 fully saturated rings. The molecule has 0 aromatic carbocycles. The Balaban J connectivity index is 1.74. The largest absolute Gasteiger partial charge is 0.478 e. The van der Waals surface area contributed by atoms with Crippen LogP contribution in [0, 0.1) is 5.92 Å². The van der Waals surface area contributed by atoms with E-state index in [-0.39, 0.29) is 5.56 Å². The molecule has 1 aliphatic rings. The first-order valence-electron chi connectivity index (χ1n) is 7.46. The quantitative estimate of drug-likeness (QED) is 0.927. The molecule has 0 atom stereocenters. The zero-order valence-corrected chi connectivity index (χ0v) is 12.2. The summed E-state index contributed by atoms with van der Waals surface area (Å²) in [7, 11) is 0. The van der Waals surface area contributed by atoms with Crippen LogP contribution in [0.2, 0.25) is 0 Å². The molecular formula is C15H20N4O2. The fraction of sp³-hybridized carbons (Fsp3) is 0.533. The van der Waals surface area contributed by atoms with Gasteiger partial charge in [-0.25, -0.2) is 4.79 Å². The number of hydrogen-bond donors (Lipinski definition) is 1. The maximum atomic E-state index is 11.0. The normalized spacial score (nSPS) is 17.4. The molecule has 0 unspecified atom stereocenters. The Labute approximate surface area is 123 Å². The van der Waals surface area contributed by atoms with Gasteiger partial charge in [0.05, 0.1) is 5.56 Å². The zero-order chi connectivity index (χ0) is 14.8. The first-order valence-corrected chi connectivity index (χ1v) is 7.46. The number of hydrogen-bond acceptors (Lipinski definition) is 4. The van der Waals surface area contributed by atoms with Crippen molar-refractivity contribution in [1.29, 1.82) is 0 Å². The molecule has 0 spiro atoms. The minimum Gasteiger partial charge on any atom is -0.478 e. The lowest BCUT2D eigenvalue weighted by Gasteiger charge is -2.30. The SMILES string of the molecule is CCN1CCC(Cc2nnc3cc(C(=O)O)ccn23)CC1. The Kier molecular flexibility index (Phi) is 3.88. The van der Waals surface area contributed by atoms with Gasteiger partial charge in [0, 0.05) is 12.6 Å². The molecule has 0 saturated carbocycles. The molecular weight excluding hydrogens is 268 g/mol. The predicted octanol–water partition coefficient (Wildman–Crippen LogP) is 1.70. The van der Waals surface area contributed by atoms with Gasteiger partial charge in [-0.2, -0.15) is 0 Å². The average molecular weight is 288 g/mol. The third-order valence-electron chi connectivity index (χ3n) is 4.35. The molecule has 1 N–H and O–H groups in total. The summed E-state index contributed by atoms with van der Waals surface area (Å²) in [4.78, 5) is 13.4. The second kappa shape index (κ2) is 5.81. The summed E-state index contributed by atoms with van der Waals surface area (Å²) in [5.74, 6) is 0.630. The third-order valence-corrected chi connectivity index (χ3v) is 4.35. The number of carbonyl (C=O) groups is 1. The topological polar surface area (TPSA) is 70.7 Å². The van der Waals surface area contributed by atoms with E-state index in [4.69, 9.17) is 5.11 Å². The van der Waals surface area contributed by atoms with Crippen molar-refractivity contribution in [3.05, 3.63) is 29.7 Å². The number of pyridine rings is 1. The predicted molar refractivity (Wildman–Crippen MR) is 78.5 cm³/mol. The number of fused-ring (bicyclic) bond motifs is 1. The summed E-state index contributed by atoms with van der Waals surface area (Å²) in [6.07, 6.45) is 5.05. The number of aromatic nitrogens is 3. The standard InChI is InChI=1S/C15H20N4O2/c1-2-18-6-3-11(4-7-18)9-13-16-17-14-10-12(15(20)21)5-8-19(13)14/h5,8,10-11H,2-4,6-7,9H2,1H3,(H,20,21). The van der Waals surface area contributed by atoms with Gasteiger partial charge < -0.3 is 10.0 Å². The molecule has 6 heteroatoms. The van der Waals surface area contributed by atoms with Crippen molar-refractivity contribution in [2.75, 3.05) is 19.6 Å². The number of rotatable bonds is 4. The van der Waals surface area contributed by atoms with Crippen molar-refractivity contribution in [1.82, 2.24) is 19.5 Å². The highest BCUT2D eigenvalue weighted by Gasteiger charge is 2.20. The summed E-state index contributed by atoms with van der Waals surface area (Å²) >= 11 is 0. The van der Waals surface area contributed by atoms with Crippen LogP contribution in [0.3, 0.4) is 0 Å². The number of carboxylic acids is 1. The van der Waals surface area contributed by atoms with Crippen molar-refractivity contribution < 1.29 is 9.90 Å². The average Bonchev–Trinajstić information content (AvgIpc) is 2.90. The van der Waals surface area contributed by atoms with E-state index >= 15 is 0 Å². The van der Waals surface area contributed by atoms with Crippen LogP contribution in [-0.2, 0) is 6.42 Å². The van der Waals surface area contributed by atoms with Gasteiger partial charge in [-0.15, -0.1) is 10.2 Å². The van der Waals surface area contributed by atoms with Crippen LogP contribution in [0.5, 0.6) is 0 Å². The highest BCUT2D eigenvalue weighted by atomic mass is 16.4. The molecule has 6 nitrogen and oxygen atoms in total. The smallest absolute Gasteiger partial charge is 0.335 e. The number of aromatic carboxylic acids is 1. The molecule has 3 rings (SSSR count). The Morgan fingerprint density at radius 2 is 2.14 bits per heavy atom. The molecule has 2 aromatic rings. The molecule has 112 valence electrons. The summed E-state index contributed by atoms with van der Waals surface area (Å²) < 4.78 is 1.90. The maximum absolute atomic E-state index is 11.0. The van der Waals surface area contributed by atoms with E-state index in [0.717, 1.165) is 31.9 Å². The number of likely N-dealkylation sites (tertiary alicyclic amines) is 1. The molecule has 2 aromatic heterocycles. The van der Waals surface area contributed by atoms with E-state index in [1.165, 1.54) is 12.8 Å². The molecule has 0 bridgehead atoms. The van der Waals surface area contributed by atoms with Crippen LogP contribution >= 0.6 is 0 Å². The molecule has 1 aliphatic heterocycles. The van der Waals surface area contributed by atoms with Gasteiger partial charge in [-0.3, -0.25) is 4.40 Å². The third kappa shape index (κ3) is 2.90. The van der Waals surface area contributed by atoms with Crippen LogP contribution in [0.1, 0.15) is 35.9 Å². The number of carboxylic acid groups (broad SMARTS) is 1. The summed E-state index contributed by atoms with van der Waals surface area (Å²) in [6.45, 7) is 5.63. The molecule has 0 aliphatic carbocycles. The molecule has 3 heterocycles. The van der Waals surface area contributed by atoms with E-state index < -0.39 is 5.97 Å². The van der Waals surface area contributed by atoms with E-state index in [9.17, 15) is 4.79 Å². The first-order chi connectivity index (χ1) is 10.2. The van der Waals surface area contributed by atoms with E-state index in [1.54, 1.807) is 18.3 Å². The Hall–Kier alpha value is -1.95.